The summed E-state index contributed by atoms with van der Waals surface area (Å²) in [5.41, 5.74) is 2.57. The van der Waals surface area contributed by atoms with Gasteiger partial charge in [-0.2, -0.15) is 0 Å². The van der Waals surface area contributed by atoms with Gasteiger partial charge < -0.3 is 10.6 Å². The Labute approximate surface area is 148 Å². The first-order chi connectivity index (χ1) is 12.2. The van der Waals surface area contributed by atoms with Crippen molar-refractivity contribution in [2.75, 3.05) is 17.2 Å². The molecule has 1 aliphatic rings. The number of aryl methyl sites for hydroxylation is 1. The molecule has 0 unspecified atom stereocenters. The minimum atomic E-state index is -0.221. The molecule has 0 saturated carbocycles. The number of hydrogen-bond donors (Lipinski definition) is 2. The molecule has 0 amide bonds. The highest BCUT2D eigenvalue weighted by Gasteiger charge is 2.05. The first-order valence-electron chi connectivity index (χ1n) is 8.95. The molecule has 0 radical (unpaired) electrons. The van der Waals surface area contributed by atoms with Gasteiger partial charge in [0.2, 0.25) is 0 Å². The van der Waals surface area contributed by atoms with Crippen LogP contribution in [-0.2, 0) is 6.54 Å². The summed E-state index contributed by atoms with van der Waals surface area (Å²) in [6, 6.07) is 8.40. The second-order valence-corrected chi connectivity index (χ2v) is 6.45. The molecule has 0 fully saturated rings. The Kier molecular flexibility index (Phi) is 5.99. The lowest BCUT2D eigenvalue weighted by Gasteiger charge is -2.14. The summed E-state index contributed by atoms with van der Waals surface area (Å²) >= 11 is 0. The molecule has 4 nitrogen and oxygen atoms in total. The highest BCUT2D eigenvalue weighted by Crippen LogP contribution is 2.20. The number of nitrogens with one attached hydrogen (secondary N) is 2. The quantitative estimate of drug-likeness (QED) is 0.708. The van der Waals surface area contributed by atoms with Gasteiger partial charge in [0.25, 0.3) is 0 Å². The van der Waals surface area contributed by atoms with Crippen molar-refractivity contribution in [1.82, 2.24) is 9.97 Å². The van der Waals surface area contributed by atoms with Gasteiger partial charge in [0, 0.05) is 19.2 Å². The van der Waals surface area contributed by atoms with Crippen molar-refractivity contribution in [2.24, 2.45) is 0 Å². The van der Waals surface area contributed by atoms with Crippen LogP contribution in [0.3, 0.4) is 0 Å². The molecule has 1 aromatic heterocycles. The van der Waals surface area contributed by atoms with E-state index in [1.165, 1.54) is 37.8 Å². The van der Waals surface area contributed by atoms with E-state index < -0.39 is 0 Å². The number of hydrogen-bond acceptors (Lipinski definition) is 4. The number of anilines is 2. The fourth-order valence-electron chi connectivity index (χ4n) is 3.03. The molecule has 0 bridgehead atoms. The number of aromatic nitrogens is 2. The van der Waals surface area contributed by atoms with Gasteiger partial charge in [-0.3, -0.25) is 0 Å². The Bertz CT molecular complexity index is 725. The van der Waals surface area contributed by atoms with Gasteiger partial charge in [0.05, 0.1) is 0 Å². The molecule has 2 N–H and O–H groups in total. The molecule has 0 spiro atoms. The summed E-state index contributed by atoms with van der Waals surface area (Å²) in [6.07, 6.45) is 8.54. The average molecular weight is 340 g/mol. The van der Waals surface area contributed by atoms with Gasteiger partial charge in [-0.1, -0.05) is 23.8 Å². The third-order valence-electron chi connectivity index (χ3n) is 4.36. The van der Waals surface area contributed by atoms with Crippen LogP contribution in [0, 0.1) is 12.7 Å². The first-order valence-corrected chi connectivity index (χ1v) is 8.95. The van der Waals surface area contributed by atoms with E-state index in [1.54, 1.807) is 17.7 Å². The molecule has 0 atom stereocenters. The van der Waals surface area contributed by atoms with Crippen LogP contribution in [-0.4, -0.2) is 16.5 Å². The van der Waals surface area contributed by atoms with Crippen molar-refractivity contribution in [1.29, 1.82) is 0 Å². The Hall–Kier alpha value is -2.43. The molecular formula is C20H25FN4. The Morgan fingerprint density at radius 3 is 2.52 bits per heavy atom. The van der Waals surface area contributed by atoms with E-state index in [2.05, 4.69) is 26.7 Å². The lowest BCUT2D eigenvalue weighted by molar-refractivity contribution is 0.627. The molecule has 25 heavy (non-hydrogen) atoms. The summed E-state index contributed by atoms with van der Waals surface area (Å²) < 4.78 is 13.0. The third kappa shape index (κ3) is 5.55. The van der Waals surface area contributed by atoms with Crippen LogP contribution in [0.25, 0.3) is 0 Å². The maximum atomic E-state index is 13.0. The van der Waals surface area contributed by atoms with E-state index in [9.17, 15) is 4.39 Å². The molecule has 1 heterocycles. The predicted molar refractivity (Wildman–Crippen MR) is 100 cm³/mol. The van der Waals surface area contributed by atoms with Crippen molar-refractivity contribution >= 4 is 11.6 Å². The van der Waals surface area contributed by atoms with Crippen LogP contribution < -0.4 is 10.6 Å². The van der Waals surface area contributed by atoms with Crippen LogP contribution in [0.1, 0.15) is 43.5 Å². The minimum absolute atomic E-state index is 0.221. The Balaban J connectivity index is 1.54. The van der Waals surface area contributed by atoms with Crippen LogP contribution in [0.15, 0.2) is 42.0 Å². The number of benzene rings is 1. The van der Waals surface area contributed by atoms with Crippen LogP contribution in [0.4, 0.5) is 16.0 Å². The standard InChI is InChI=1S/C20H25FN4/c1-15-24-19(22-12-11-16-5-3-2-4-6-16)13-20(25-15)23-14-17-7-9-18(21)10-8-17/h5,7-10,13H,2-4,6,11-12,14H2,1H3,(H2,22,23,24,25). The molecule has 132 valence electrons. The largest absolute Gasteiger partial charge is 0.370 e. The van der Waals surface area contributed by atoms with E-state index in [1.807, 2.05) is 13.0 Å². The summed E-state index contributed by atoms with van der Waals surface area (Å²) in [7, 11) is 0. The molecule has 5 heteroatoms. The maximum Gasteiger partial charge on any atom is 0.132 e. The molecule has 1 aromatic carbocycles. The normalized spacial score (nSPS) is 14.1. The van der Waals surface area contributed by atoms with Crippen molar-refractivity contribution in [3.8, 4) is 0 Å². The van der Waals surface area contributed by atoms with Crippen molar-refractivity contribution in [3.05, 3.63) is 59.2 Å². The number of rotatable bonds is 7. The molecule has 0 saturated heterocycles. The maximum absolute atomic E-state index is 13.0. The zero-order valence-corrected chi connectivity index (χ0v) is 14.7. The topological polar surface area (TPSA) is 49.8 Å². The van der Waals surface area contributed by atoms with E-state index in [4.69, 9.17) is 0 Å². The third-order valence-corrected chi connectivity index (χ3v) is 4.36. The monoisotopic (exact) mass is 340 g/mol. The first kappa shape index (κ1) is 17.4. The van der Waals surface area contributed by atoms with Gasteiger partial charge in [0.15, 0.2) is 0 Å². The zero-order chi connectivity index (χ0) is 17.5. The molecular weight excluding hydrogens is 315 g/mol. The predicted octanol–water partition coefficient (Wildman–Crippen LogP) is 4.84. The Morgan fingerprint density at radius 1 is 1.04 bits per heavy atom. The van der Waals surface area contributed by atoms with E-state index in [0.29, 0.717) is 6.54 Å². The number of allylic oxidation sites excluding steroid dienone is 1. The van der Waals surface area contributed by atoms with Gasteiger partial charge in [0.1, 0.15) is 23.3 Å². The van der Waals surface area contributed by atoms with Crippen LogP contribution in [0.2, 0.25) is 0 Å². The highest BCUT2D eigenvalue weighted by atomic mass is 19.1. The van der Waals surface area contributed by atoms with E-state index in [0.717, 1.165) is 36.0 Å². The smallest absolute Gasteiger partial charge is 0.132 e. The lowest BCUT2D eigenvalue weighted by Crippen LogP contribution is -2.09. The van der Waals surface area contributed by atoms with Crippen molar-refractivity contribution in [2.45, 2.75) is 45.6 Å². The number of halogens is 1. The zero-order valence-electron chi connectivity index (χ0n) is 14.7. The fourth-order valence-corrected chi connectivity index (χ4v) is 3.03. The second-order valence-electron chi connectivity index (χ2n) is 6.45. The van der Waals surface area contributed by atoms with E-state index in [-0.39, 0.29) is 5.82 Å². The Morgan fingerprint density at radius 2 is 1.80 bits per heavy atom. The summed E-state index contributed by atoms with van der Waals surface area (Å²) in [5.74, 6) is 2.12. The van der Waals surface area contributed by atoms with Gasteiger partial charge >= 0.3 is 0 Å². The van der Waals surface area contributed by atoms with Crippen LogP contribution in [0.5, 0.6) is 0 Å². The highest BCUT2D eigenvalue weighted by molar-refractivity contribution is 5.48. The second kappa shape index (κ2) is 8.60. The van der Waals surface area contributed by atoms with E-state index >= 15 is 0 Å². The molecule has 1 aliphatic carbocycles. The SMILES string of the molecule is Cc1nc(NCCC2=CCCCC2)cc(NCc2ccc(F)cc2)n1. The average Bonchev–Trinajstić information content (AvgIpc) is 2.62. The van der Waals surface area contributed by atoms with Gasteiger partial charge in [-0.25, -0.2) is 14.4 Å². The lowest BCUT2D eigenvalue weighted by atomic mass is 9.97. The summed E-state index contributed by atoms with van der Waals surface area (Å²) in [5, 5.41) is 6.67. The summed E-state index contributed by atoms with van der Waals surface area (Å²) in [6.45, 7) is 3.38. The molecule has 2 aromatic rings. The molecule has 3 rings (SSSR count). The molecule has 0 aliphatic heterocycles. The van der Waals surface area contributed by atoms with Gasteiger partial charge in [-0.05, 0) is 56.7 Å². The number of nitrogens with zero attached hydrogens (tertiary/aromatic N) is 2. The van der Waals surface area contributed by atoms with Gasteiger partial charge in [-0.15, -0.1) is 0 Å². The van der Waals surface area contributed by atoms with Crippen molar-refractivity contribution < 1.29 is 4.39 Å². The fraction of sp³-hybridized carbons (Fsp3) is 0.400. The minimum Gasteiger partial charge on any atom is -0.370 e. The van der Waals surface area contributed by atoms with Crippen LogP contribution >= 0.6 is 0 Å². The van der Waals surface area contributed by atoms with Crippen molar-refractivity contribution in [3.63, 3.8) is 0 Å². The summed E-state index contributed by atoms with van der Waals surface area (Å²) in [4.78, 5) is 8.87.